The first-order valence-electron chi connectivity index (χ1n) is 22.6. The molecule has 0 saturated carbocycles. The summed E-state index contributed by atoms with van der Waals surface area (Å²) < 4.78 is 0. The molecule has 0 spiro atoms. The molecule has 0 nitrogen and oxygen atoms in total. The van der Waals surface area contributed by atoms with Crippen LogP contribution in [0.5, 0.6) is 0 Å². The topological polar surface area (TPSA) is 0 Å². The fourth-order valence-electron chi connectivity index (χ4n) is 8.94. The minimum Gasteiger partial charge on any atom is -1.00 e. The van der Waals surface area contributed by atoms with Crippen LogP contribution in [0.3, 0.4) is 0 Å². The van der Waals surface area contributed by atoms with Crippen LogP contribution in [-0.4, -0.2) is 5.43 Å². The van der Waals surface area contributed by atoms with E-state index in [1.807, 2.05) is 0 Å². The first kappa shape index (κ1) is 50.1. The SMILES string of the molecule is CC(Cc1cc2c(-c3ccccc3)ccc(-c3ccccc3)c2[cH-]1)c1ccccc1.CC(Cc1cc2c(-c3ccccc3)ccc(-c3ccccc3)c2[cH-]1)c1ccccc1.C[Si](C)=[Zr+2].[Cl-].[Cl-]. The van der Waals surface area contributed by atoms with E-state index in [0.717, 1.165) is 12.8 Å². The van der Waals surface area contributed by atoms with Crippen LogP contribution < -0.4 is 24.8 Å². The molecule has 0 aromatic heterocycles. The Labute approximate surface area is 420 Å². The molecule has 0 fully saturated rings. The second-order valence-electron chi connectivity index (χ2n) is 17.2. The van der Waals surface area contributed by atoms with Gasteiger partial charge in [0.2, 0.25) is 0 Å². The maximum atomic E-state index is 2.41. The summed E-state index contributed by atoms with van der Waals surface area (Å²) in [5, 5.41) is 5.38. The quantitative estimate of drug-likeness (QED) is 0.0946. The van der Waals surface area contributed by atoms with Crippen LogP contribution in [0, 0.1) is 0 Å². The molecule has 10 rings (SSSR count). The van der Waals surface area contributed by atoms with E-state index in [-0.39, 0.29) is 30.2 Å². The monoisotopic (exact) mass is 988 g/mol. The van der Waals surface area contributed by atoms with Gasteiger partial charge in [0.1, 0.15) is 0 Å². The van der Waals surface area contributed by atoms with Gasteiger partial charge in [0.25, 0.3) is 0 Å². The Morgan fingerprint density at radius 2 is 0.621 bits per heavy atom. The molecule has 66 heavy (non-hydrogen) atoms. The minimum absolute atomic E-state index is 0. The van der Waals surface area contributed by atoms with Gasteiger partial charge >= 0.3 is 41.9 Å². The van der Waals surface area contributed by atoms with E-state index in [1.165, 1.54) is 88.3 Å². The third-order valence-corrected chi connectivity index (χ3v) is 12.1. The summed E-state index contributed by atoms with van der Waals surface area (Å²) in [4.78, 5) is 0. The van der Waals surface area contributed by atoms with Gasteiger partial charge in [-0.2, -0.15) is 12.1 Å². The smallest absolute Gasteiger partial charge is 1.00 e. The molecule has 0 bridgehead atoms. The van der Waals surface area contributed by atoms with Gasteiger partial charge < -0.3 is 24.8 Å². The number of halogens is 2. The van der Waals surface area contributed by atoms with Crippen LogP contribution in [0.4, 0.5) is 0 Å². The van der Waals surface area contributed by atoms with Gasteiger partial charge in [-0.1, -0.05) is 253 Å². The number of hydrogen-bond acceptors (Lipinski definition) is 0. The standard InChI is InChI=1S/2C30H25.C2H6Si.2ClH.Zr/c2*1-22(24-11-5-2-6-12-24)19-23-20-29-27(25-13-7-3-8-14-25)17-18-28(30(29)21-23)26-15-9-4-10-16-26;1-3-2;;;/h2*2-18,20-22H,19H2,1H3;1-2H3;2*1H;/q2*-1;;;;+2/p-2. The molecule has 2 atom stereocenters. The Balaban J connectivity index is 0.000000196. The Hall–Kier alpha value is -5.34. The number of rotatable bonds is 10. The molecule has 0 radical (unpaired) electrons. The molecule has 10 aromatic carbocycles. The van der Waals surface area contributed by atoms with Crippen molar-refractivity contribution in [1.29, 1.82) is 0 Å². The Morgan fingerprint density at radius 3 is 0.909 bits per heavy atom. The summed E-state index contributed by atoms with van der Waals surface area (Å²) in [6, 6.07) is 83.3. The van der Waals surface area contributed by atoms with Gasteiger partial charge in [-0.25, -0.2) is 0 Å². The van der Waals surface area contributed by atoms with Crippen LogP contribution in [0.2, 0.25) is 13.1 Å². The number of benzene rings is 8. The molecule has 2 unspecified atom stereocenters. The summed E-state index contributed by atoms with van der Waals surface area (Å²) in [6.45, 7) is 9.26. The van der Waals surface area contributed by atoms with E-state index in [9.17, 15) is 0 Å². The van der Waals surface area contributed by atoms with Gasteiger partial charge in [-0.15, -0.1) is 44.8 Å². The summed E-state index contributed by atoms with van der Waals surface area (Å²) in [5.41, 5.74) is 16.1. The van der Waals surface area contributed by atoms with Crippen molar-refractivity contribution in [3.63, 3.8) is 0 Å². The third kappa shape index (κ3) is 12.5. The third-order valence-electron chi connectivity index (χ3n) is 12.1. The largest absolute Gasteiger partial charge is 1.00 e. The van der Waals surface area contributed by atoms with Gasteiger partial charge in [-0.3, -0.25) is 0 Å². The molecule has 0 amide bonds. The molecule has 0 aliphatic carbocycles. The first-order valence-corrected chi connectivity index (χ1v) is 28.8. The summed E-state index contributed by atoms with van der Waals surface area (Å²) in [6.07, 6.45) is 2.09. The fraction of sp³-hybridized carbons (Fsp3) is 0.129. The van der Waals surface area contributed by atoms with E-state index < -0.39 is 0 Å². The Kier molecular flexibility index (Phi) is 18.5. The van der Waals surface area contributed by atoms with Crippen molar-refractivity contribution in [2.24, 2.45) is 0 Å². The average molecular weight is 991 g/mol. The molecule has 0 saturated heterocycles. The Morgan fingerprint density at radius 1 is 0.379 bits per heavy atom. The Bertz CT molecular complexity index is 2670. The molecule has 0 heterocycles. The van der Waals surface area contributed by atoms with Gasteiger partial charge in [-0.05, 0) is 46.9 Å². The summed E-state index contributed by atoms with van der Waals surface area (Å²) in [7, 11) is 0. The van der Waals surface area contributed by atoms with Crippen molar-refractivity contribution in [1.82, 2.24) is 0 Å². The van der Waals surface area contributed by atoms with Gasteiger partial charge in [0, 0.05) is 0 Å². The van der Waals surface area contributed by atoms with Crippen molar-refractivity contribution >= 4 is 27.0 Å². The normalized spacial score (nSPS) is 11.5. The van der Waals surface area contributed by atoms with E-state index in [1.54, 1.807) is 23.3 Å². The van der Waals surface area contributed by atoms with Gasteiger partial charge in [0.15, 0.2) is 0 Å². The van der Waals surface area contributed by atoms with Crippen LogP contribution in [0.15, 0.2) is 231 Å². The molecule has 4 heteroatoms. The molecule has 0 aliphatic rings. The number of hydrogen-bond donors (Lipinski definition) is 0. The maximum Gasteiger partial charge on any atom is -1.00 e. The van der Waals surface area contributed by atoms with Crippen LogP contribution in [0.1, 0.15) is 47.9 Å². The minimum atomic E-state index is 0. The van der Waals surface area contributed by atoms with Crippen molar-refractivity contribution in [3.05, 3.63) is 253 Å². The predicted molar refractivity (Wildman–Crippen MR) is 275 cm³/mol. The van der Waals surface area contributed by atoms with Crippen molar-refractivity contribution in [2.45, 2.75) is 51.6 Å². The van der Waals surface area contributed by atoms with E-state index in [4.69, 9.17) is 0 Å². The van der Waals surface area contributed by atoms with E-state index >= 15 is 0 Å². The van der Waals surface area contributed by atoms with Crippen LogP contribution in [0.25, 0.3) is 66.1 Å². The summed E-state index contributed by atoms with van der Waals surface area (Å²) >= 11 is 1.74. The molecular formula is C62H56Cl2SiZr-2. The number of fused-ring (bicyclic) bond motifs is 2. The zero-order chi connectivity index (χ0) is 44.3. The second-order valence-corrected chi connectivity index (χ2v) is 26.6. The van der Waals surface area contributed by atoms with Crippen molar-refractivity contribution in [2.75, 3.05) is 0 Å². The molecular weight excluding hydrogens is 935 g/mol. The van der Waals surface area contributed by atoms with Gasteiger partial charge in [0.05, 0.1) is 0 Å². The second kappa shape index (κ2) is 24.4. The molecule has 328 valence electrons. The van der Waals surface area contributed by atoms with Crippen molar-refractivity contribution in [3.8, 4) is 44.5 Å². The predicted octanol–water partition coefficient (Wildman–Crippen LogP) is 11.3. The average Bonchev–Trinajstić information content (AvgIpc) is 3.97. The summed E-state index contributed by atoms with van der Waals surface area (Å²) in [5.74, 6) is 0.978. The zero-order valence-corrected chi connectivity index (χ0v) is 43.2. The molecule has 0 aliphatic heterocycles. The molecule has 10 aromatic rings. The van der Waals surface area contributed by atoms with Crippen LogP contribution in [-0.2, 0) is 36.2 Å². The first-order chi connectivity index (χ1) is 31.3. The van der Waals surface area contributed by atoms with E-state index in [2.05, 4.69) is 257 Å². The zero-order valence-electron chi connectivity index (χ0n) is 38.3. The maximum absolute atomic E-state index is 2.41. The van der Waals surface area contributed by atoms with Crippen molar-refractivity contribution < 1.29 is 48.1 Å². The van der Waals surface area contributed by atoms with E-state index in [0.29, 0.717) is 11.8 Å². The molecule has 0 N–H and O–H groups in total. The fourth-order valence-corrected chi connectivity index (χ4v) is 8.94. The van der Waals surface area contributed by atoms with Crippen LogP contribution >= 0.6 is 0 Å².